The second-order valence-electron chi connectivity index (χ2n) is 6.49. The number of thioether (sulfide) groups is 2. The van der Waals surface area contributed by atoms with E-state index >= 15 is 0 Å². The van der Waals surface area contributed by atoms with Gasteiger partial charge in [-0.2, -0.15) is 5.10 Å². The highest BCUT2D eigenvalue weighted by Gasteiger charge is 2.08. The molecule has 0 spiro atoms. The summed E-state index contributed by atoms with van der Waals surface area (Å²) in [6, 6.07) is 18.4. The molecule has 1 N–H and O–H groups in total. The molecule has 0 radical (unpaired) electrons. The van der Waals surface area contributed by atoms with E-state index in [1.807, 2.05) is 43.3 Å². The molecule has 30 heavy (non-hydrogen) atoms. The summed E-state index contributed by atoms with van der Waals surface area (Å²) in [5.41, 5.74) is 7.10. The first kappa shape index (κ1) is 22.3. The van der Waals surface area contributed by atoms with Gasteiger partial charge in [-0.3, -0.25) is 4.79 Å². The number of carbonyl (C=O) groups is 1. The Morgan fingerprint density at radius 1 is 1.07 bits per heavy atom. The van der Waals surface area contributed by atoms with Crippen LogP contribution in [0.15, 0.2) is 74.0 Å². The molecular weight excluding hydrogens is 432 g/mol. The summed E-state index contributed by atoms with van der Waals surface area (Å²) >= 11 is 4.52. The topological polar surface area (TPSA) is 67.2 Å². The van der Waals surface area contributed by atoms with Crippen molar-refractivity contribution in [1.29, 1.82) is 0 Å². The Morgan fingerprint density at radius 3 is 2.50 bits per heavy atom. The van der Waals surface area contributed by atoms with Gasteiger partial charge >= 0.3 is 0 Å². The molecule has 1 heterocycles. The molecule has 0 aliphatic carbocycles. The first-order chi connectivity index (χ1) is 14.6. The minimum absolute atomic E-state index is 0.173. The maximum absolute atomic E-state index is 12.0. The SMILES string of the molecule is CC(C=NNC(=O)CSc1nnc(SCc2ccc(C)cc2)s1)=Cc1ccccc1. The molecule has 0 aliphatic rings. The highest BCUT2D eigenvalue weighted by molar-refractivity contribution is 8.03. The van der Waals surface area contributed by atoms with Crippen molar-refractivity contribution in [2.45, 2.75) is 28.3 Å². The molecule has 0 bridgehead atoms. The standard InChI is InChI=1S/C22H22N4OS3/c1-16-8-10-19(11-9-16)14-28-21-25-26-22(30-21)29-15-20(27)24-23-13-17(2)12-18-6-4-3-5-7-18/h3-13H,14-15H2,1-2H3,(H,24,27). The van der Waals surface area contributed by atoms with E-state index in [9.17, 15) is 4.79 Å². The highest BCUT2D eigenvalue weighted by atomic mass is 32.2. The predicted octanol–water partition coefficient (Wildman–Crippen LogP) is 5.44. The summed E-state index contributed by atoms with van der Waals surface area (Å²) in [6.07, 6.45) is 3.64. The molecule has 2 aromatic carbocycles. The monoisotopic (exact) mass is 454 g/mol. The van der Waals surface area contributed by atoms with Crippen molar-refractivity contribution in [2.75, 3.05) is 5.75 Å². The lowest BCUT2D eigenvalue weighted by Crippen LogP contribution is -2.19. The van der Waals surface area contributed by atoms with Crippen LogP contribution in [0.1, 0.15) is 23.6 Å². The van der Waals surface area contributed by atoms with Crippen molar-refractivity contribution >= 4 is 53.1 Å². The summed E-state index contributed by atoms with van der Waals surface area (Å²) in [4.78, 5) is 12.0. The van der Waals surface area contributed by atoms with Crippen molar-refractivity contribution in [1.82, 2.24) is 15.6 Å². The van der Waals surface area contributed by atoms with Crippen LogP contribution in [0.4, 0.5) is 0 Å². The number of allylic oxidation sites excluding steroid dienone is 1. The van der Waals surface area contributed by atoms with Gasteiger partial charge in [0.25, 0.3) is 5.91 Å². The molecule has 1 amide bonds. The van der Waals surface area contributed by atoms with E-state index in [1.54, 1.807) is 18.0 Å². The van der Waals surface area contributed by atoms with Crippen LogP contribution in [0.25, 0.3) is 6.08 Å². The Bertz CT molecular complexity index is 1010. The maximum Gasteiger partial charge on any atom is 0.250 e. The molecule has 154 valence electrons. The summed E-state index contributed by atoms with van der Waals surface area (Å²) in [7, 11) is 0. The molecule has 3 aromatic rings. The minimum atomic E-state index is -0.173. The Kier molecular flexibility index (Phi) is 8.67. The fraction of sp³-hybridized carbons (Fsp3) is 0.182. The van der Waals surface area contributed by atoms with Crippen LogP contribution >= 0.6 is 34.9 Å². The van der Waals surface area contributed by atoms with Gasteiger partial charge in [-0.15, -0.1) is 10.2 Å². The van der Waals surface area contributed by atoms with Gasteiger partial charge in [-0.05, 0) is 30.5 Å². The average Bonchev–Trinajstić information content (AvgIpc) is 3.20. The molecular formula is C22H22N4OS3. The zero-order valence-corrected chi connectivity index (χ0v) is 19.2. The van der Waals surface area contributed by atoms with Crippen molar-refractivity contribution in [3.8, 4) is 0 Å². The zero-order valence-electron chi connectivity index (χ0n) is 16.7. The van der Waals surface area contributed by atoms with Gasteiger partial charge in [0.1, 0.15) is 0 Å². The van der Waals surface area contributed by atoms with Crippen molar-refractivity contribution in [3.63, 3.8) is 0 Å². The van der Waals surface area contributed by atoms with Crippen LogP contribution in [0, 0.1) is 6.92 Å². The third-order valence-electron chi connectivity index (χ3n) is 3.85. The van der Waals surface area contributed by atoms with E-state index in [1.165, 1.54) is 34.2 Å². The van der Waals surface area contributed by atoms with Gasteiger partial charge in [0.05, 0.1) is 12.0 Å². The number of hydrogen-bond donors (Lipinski definition) is 1. The van der Waals surface area contributed by atoms with E-state index in [0.29, 0.717) is 0 Å². The molecule has 0 saturated carbocycles. The Morgan fingerprint density at radius 2 is 1.77 bits per heavy atom. The number of benzene rings is 2. The predicted molar refractivity (Wildman–Crippen MR) is 128 cm³/mol. The fourth-order valence-electron chi connectivity index (χ4n) is 2.36. The molecule has 8 heteroatoms. The van der Waals surface area contributed by atoms with E-state index in [2.05, 4.69) is 51.9 Å². The number of hydrazone groups is 1. The average molecular weight is 455 g/mol. The first-order valence-electron chi connectivity index (χ1n) is 9.28. The van der Waals surface area contributed by atoms with Gasteiger partial charge < -0.3 is 0 Å². The van der Waals surface area contributed by atoms with Gasteiger partial charge in [-0.1, -0.05) is 101 Å². The normalized spacial score (nSPS) is 11.7. The number of nitrogens with one attached hydrogen (secondary N) is 1. The Hall–Kier alpha value is -2.42. The molecule has 3 rings (SSSR count). The number of rotatable bonds is 9. The number of aryl methyl sites for hydroxylation is 1. The molecule has 0 aliphatic heterocycles. The van der Waals surface area contributed by atoms with Gasteiger partial charge in [0, 0.05) is 5.75 Å². The zero-order chi connectivity index (χ0) is 21.2. The van der Waals surface area contributed by atoms with E-state index in [-0.39, 0.29) is 11.7 Å². The summed E-state index contributed by atoms with van der Waals surface area (Å²) in [5.74, 6) is 0.925. The number of carbonyl (C=O) groups excluding carboxylic acids is 1. The smallest absolute Gasteiger partial charge is 0.250 e. The molecule has 0 saturated heterocycles. The third-order valence-corrected chi connectivity index (χ3v) is 7.11. The Balaban J connectivity index is 1.39. The van der Waals surface area contributed by atoms with E-state index < -0.39 is 0 Å². The van der Waals surface area contributed by atoms with Gasteiger partial charge in [0.2, 0.25) is 0 Å². The van der Waals surface area contributed by atoms with Crippen LogP contribution in [-0.2, 0) is 10.5 Å². The lowest BCUT2D eigenvalue weighted by atomic mass is 10.1. The van der Waals surface area contributed by atoms with Crippen LogP contribution < -0.4 is 5.43 Å². The summed E-state index contributed by atoms with van der Waals surface area (Å²) in [5, 5.41) is 12.4. The van der Waals surface area contributed by atoms with Crippen LogP contribution in [0.3, 0.4) is 0 Å². The fourth-order valence-corrected chi connectivity index (χ4v) is 5.13. The lowest BCUT2D eigenvalue weighted by molar-refractivity contribution is -0.118. The van der Waals surface area contributed by atoms with Crippen molar-refractivity contribution in [3.05, 3.63) is 76.9 Å². The second-order valence-corrected chi connectivity index (χ2v) is 9.91. The van der Waals surface area contributed by atoms with E-state index in [0.717, 1.165) is 25.6 Å². The number of hydrogen-bond acceptors (Lipinski definition) is 7. The molecule has 0 fully saturated rings. The largest absolute Gasteiger partial charge is 0.272 e. The van der Waals surface area contributed by atoms with Crippen LogP contribution in [0.2, 0.25) is 0 Å². The highest BCUT2D eigenvalue weighted by Crippen LogP contribution is 2.30. The van der Waals surface area contributed by atoms with Gasteiger partial charge in [0.15, 0.2) is 8.68 Å². The van der Waals surface area contributed by atoms with Crippen LogP contribution in [-0.4, -0.2) is 28.1 Å². The third kappa shape index (κ3) is 7.78. The van der Waals surface area contributed by atoms with Crippen LogP contribution in [0.5, 0.6) is 0 Å². The molecule has 0 unspecified atom stereocenters. The second kappa shape index (κ2) is 11.7. The summed E-state index contributed by atoms with van der Waals surface area (Å²) in [6.45, 7) is 4.02. The molecule has 1 aromatic heterocycles. The molecule has 5 nitrogen and oxygen atoms in total. The minimum Gasteiger partial charge on any atom is -0.272 e. The maximum atomic E-state index is 12.0. The number of nitrogens with zero attached hydrogens (tertiary/aromatic N) is 3. The summed E-state index contributed by atoms with van der Waals surface area (Å²) < 4.78 is 1.68. The number of aromatic nitrogens is 2. The quantitative estimate of drug-likeness (QED) is 0.265. The van der Waals surface area contributed by atoms with Crippen molar-refractivity contribution in [2.24, 2.45) is 5.10 Å². The Labute approximate surface area is 189 Å². The molecule has 0 atom stereocenters. The van der Waals surface area contributed by atoms with Crippen molar-refractivity contribution < 1.29 is 4.79 Å². The number of amides is 1. The van der Waals surface area contributed by atoms with E-state index in [4.69, 9.17) is 0 Å². The lowest BCUT2D eigenvalue weighted by Gasteiger charge is -1.99. The first-order valence-corrected chi connectivity index (χ1v) is 12.1. The van der Waals surface area contributed by atoms with Gasteiger partial charge in [-0.25, -0.2) is 5.43 Å².